The number of hydrogen-bond acceptors (Lipinski definition) is 3. The first-order chi connectivity index (χ1) is 10.1. The van der Waals surface area contributed by atoms with Crippen LogP contribution < -0.4 is 9.47 Å². The lowest BCUT2D eigenvalue weighted by Crippen LogP contribution is -2.16. The van der Waals surface area contributed by atoms with E-state index in [9.17, 15) is 13.9 Å². The Morgan fingerprint density at radius 2 is 1.67 bits per heavy atom. The molecule has 2 aromatic rings. The number of aliphatic hydroxyl groups is 1. The van der Waals surface area contributed by atoms with Crippen molar-refractivity contribution < 1.29 is 23.4 Å². The fourth-order valence-electron chi connectivity index (χ4n) is 2.18. The second kappa shape index (κ2) is 5.50. The molecule has 0 saturated carbocycles. The van der Waals surface area contributed by atoms with Gasteiger partial charge < -0.3 is 14.6 Å². The molecule has 2 aromatic carbocycles. The van der Waals surface area contributed by atoms with E-state index in [4.69, 9.17) is 21.1 Å². The molecule has 3 rings (SSSR count). The molecule has 0 radical (unpaired) electrons. The molecule has 0 fully saturated rings. The molecule has 21 heavy (non-hydrogen) atoms. The van der Waals surface area contributed by atoms with E-state index in [-0.39, 0.29) is 16.1 Å². The van der Waals surface area contributed by atoms with Gasteiger partial charge in [0.05, 0.1) is 5.02 Å². The Morgan fingerprint density at radius 1 is 1.00 bits per heavy atom. The minimum absolute atomic E-state index is 0.0602. The van der Waals surface area contributed by atoms with Gasteiger partial charge in [0.1, 0.15) is 31.0 Å². The summed E-state index contributed by atoms with van der Waals surface area (Å²) in [6, 6.07) is 5.99. The van der Waals surface area contributed by atoms with Crippen LogP contribution in [-0.4, -0.2) is 18.3 Å². The highest BCUT2D eigenvalue weighted by atomic mass is 35.5. The van der Waals surface area contributed by atoms with Gasteiger partial charge in [-0.2, -0.15) is 0 Å². The van der Waals surface area contributed by atoms with Gasteiger partial charge in [0, 0.05) is 23.3 Å². The van der Waals surface area contributed by atoms with Gasteiger partial charge in [-0.05, 0) is 12.1 Å². The van der Waals surface area contributed by atoms with E-state index in [2.05, 4.69) is 0 Å². The normalized spacial score (nSPS) is 14.9. The Kier molecular flexibility index (Phi) is 3.69. The van der Waals surface area contributed by atoms with Crippen molar-refractivity contribution in [3.63, 3.8) is 0 Å². The lowest BCUT2D eigenvalue weighted by Gasteiger charge is -2.21. The molecule has 0 spiro atoms. The monoisotopic (exact) mass is 312 g/mol. The zero-order chi connectivity index (χ0) is 15.0. The first kappa shape index (κ1) is 14.1. The van der Waals surface area contributed by atoms with Gasteiger partial charge in [0.15, 0.2) is 11.5 Å². The van der Waals surface area contributed by atoms with Crippen molar-refractivity contribution in [1.82, 2.24) is 0 Å². The molecule has 1 unspecified atom stereocenters. The zero-order valence-electron chi connectivity index (χ0n) is 10.8. The lowest BCUT2D eigenvalue weighted by molar-refractivity contribution is 0.169. The van der Waals surface area contributed by atoms with Crippen molar-refractivity contribution in [3.8, 4) is 11.5 Å². The average molecular weight is 313 g/mol. The summed E-state index contributed by atoms with van der Waals surface area (Å²) in [5.41, 5.74) is 0.210. The fraction of sp³-hybridized carbons (Fsp3) is 0.200. The molecule has 3 nitrogen and oxygen atoms in total. The molecule has 6 heteroatoms. The predicted octanol–water partition coefficient (Wildman–Crippen LogP) is 3.47. The standard InChI is InChI=1S/C15H11ClF2O3/c16-11-7-14-13(20-3-4-21-14)6-10(11)15(19)9-2-1-8(17)5-12(9)18/h1-2,5-7,15,19H,3-4H2. The number of halogens is 3. The van der Waals surface area contributed by atoms with Crippen molar-refractivity contribution in [3.05, 3.63) is 58.1 Å². The summed E-state index contributed by atoms with van der Waals surface area (Å²) < 4.78 is 37.5. The highest BCUT2D eigenvalue weighted by molar-refractivity contribution is 6.31. The third kappa shape index (κ3) is 2.66. The van der Waals surface area contributed by atoms with Crippen LogP contribution in [0.5, 0.6) is 11.5 Å². The predicted molar refractivity (Wildman–Crippen MR) is 72.9 cm³/mol. The van der Waals surface area contributed by atoms with E-state index < -0.39 is 17.7 Å². The minimum atomic E-state index is -1.33. The number of benzene rings is 2. The molecular formula is C15H11ClF2O3. The smallest absolute Gasteiger partial charge is 0.162 e. The largest absolute Gasteiger partial charge is 0.486 e. The SMILES string of the molecule is OC(c1ccc(F)cc1F)c1cc2c(cc1Cl)OCCO2. The molecular weight excluding hydrogens is 302 g/mol. The third-order valence-electron chi connectivity index (χ3n) is 3.21. The molecule has 0 amide bonds. The van der Waals surface area contributed by atoms with E-state index in [1.165, 1.54) is 18.2 Å². The van der Waals surface area contributed by atoms with Gasteiger partial charge in [-0.25, -0.2) is 8.78 Å². The number of aliphatic hydroxyl groups excluding tert-OH is 1. The first-order valence-corrected chi connectivity index (χ1v) is 6.66. The Bertz CT molecular complexity index is 691. The van der Waals surface area contributed by atoms with Crippen LogP contribution in [0.15, 0.2) is 30.3 Å². The van der Waals surface area contributed by atoms with E-state index in [0.717, 1.165) is 6.07 Å². The quantitative estimate of drug-likeness (QED) is 0.923. The number of rotatable bonds is 2. The molecule has 1 aliphatic heterocycles. The summed E-state index contributed by atoms with van der Waals surface area (Å²) in [5, 5.41) is 10.5. The van der Waals surface area contributed by atoms with Crippen molar-refractivity contribution in [2.45, 2.75) is 6.10 Å². The summed E-state index contributed by atoms with van der Waals surface area (Å²) in [4.78, 5) is 0. The summed E-state index contributed by atoms with van der Waals surface area (Å²) in [7, 11) is 0. The van der Waals surface area contributed by atoms with Crippen molar-refractivity contribution in [1.29, 1.82) is 0 Å². The van der Waals surface area contributed by atoms with Crippen LogP contribution in [0.4, 0.5) is 8.78 Å². The topological polar surface area (TPSA) is 38.7 Å². The van der Waals surface area contributed by atoms with Crippen molar-refractivity contribution in [2.24, 2.45) is 0 Å². The molecule has 0 aromatic heterocycles. The summed E-state index contributed by atoms with van der Waals surface area (Å²) in [6.07, 6.45) is -1.33. The third-order valence-corrected chi connectivity index (χ3v) is 3.54. The number of hydrogen-bond donors (Lipinski definition) is 1. The van der Waals surface area contributed by atoms with Crippen molar-refractivity contribution in [2.75, 3.05) is 13.2 Å². The Hall–Kier alpha value is -1.85. The van der Waals surface area contributed by atoms with E-state index >= 15 is 0 Å². The molecule has 1 heterocycles. The van der Waals surface area contributed by atoms with E-state index in [1.807, 2.05) is 0 Å². The van der Waals surface area contributed by atoms with E-state index in [0.29, 0.717) is 30.8 Å². The maximum atomic E-state index is 13.8. The summed E-state index contributed by atoms with van der Waals surface area (Å²) >= 11 is 6.10. The second-order valence-electron chi connectivity index (χ2n) is 4.59. The van der Waals surface area contributed by atoms with Gasteiger partial charge in [-0.15, -0.1) is 0 Å². The highest BCUT2D eigenvalue weighted by Gasteiger charge is 2.22. The van der Waals surface area contributed by atoms with Crippen LogP contribution in [0.1, 0.15) is 17.2 Å². The summed E-state index contributed by atoms with van der Waals surface area (Å²) in [5.74, 6) is -0.644. The van der Waals surface area contributed by atoms with Gasteiger partial charge in [0.25, 0.3) is 0 Å². The number of fused-ring (bicyclic) bond motifs is 1. The van der Waals surface area contributed by atoms with E-state index in [1.54, 1.807) is 0 Å². The first-order valence-electron chi connectivity index (χ1n) is 6.28. The highest BCUT2D eigenvalue weighted by Crippen LogP contribution is 2.39. The molecule has 1 aliphatic rings. The van der Waals surface area contributed by atoms with Gasteiger partial charge in [0.2, 0.25) is 0 Å². The van der Waals surface area contributed by atoms with Crippen LogP contribution in [0.2, 0.25) is 5.02 Å². The van der Waals surface area contributed by atoms with Crippen LogP contribution >= 0.6 is 11.6 Å². The Balaban J connectivity index is 2.03. The molecule has 0 aliphatic carbocycles. The number of ether oxygens (including phenoxy) is 2. The fourth-order valence-corrected chi connectivity index (χ4v) is 2.44. The van der Waals surface area contributed by atoms with Gasteiger partial charge >= 0.3 is 0 Å². The molecule has 1 atom stereocenters. The maximum absolute atomic E-state index is 13.8. The molecule has 110 valence electrons. The Labute approximate surface area is 124 Å². The summed E-state index contributed by atoms with van der Waals surface area (Å²) in [6.45, 7) is 0.799. The second-order valence-corrected chi connectivity index (χ2v) is 4.99. The van der Waals surface area contributed by atoms with Crippen LogP contribution in [0.3, 0.4) is 0 Å². The minimum Gasteiger partial charge on any atom is -0.486 e. The maximum Gasteiger partial charge on any atom is 0.162 e. The van der Waals surface area contributed by atoms with Gasteiger partial charge in [-0.1, -0.05) is 17.7 Å². The van der Waals surface area contributed by atoms with Crippen LogP contribution in [0, 0.1) is 11.6 Å². The average Bonchev–Trinajstić information content (AvgIpc) is 2.46. The molecule has 0 saturated heterocycles. The molecule has 1 N–H and O–H groups in total. The molecule has 0 bridgehead atoms. The van der Waals surface area contributed by atoms with Crippen molar-refractivity contribution >= 4 is 11.6 Å². The zero-order valence-corrected chi connectivity index (χ0v) is 11.5. The van der Waals surface area contributed by atoms with Gasteiger partial charge in [-0.3, -0.25) is 0 Å². The lowest BCUT2D eigenvalue weighted by atomic mass is 10.00. The van der Waals surface area contributed by atoms with Crippen LogP contribution in [0.25, 0.3) is 0 Å². The van der Waals surface area contributed by atoms with Crippen LogP contribution in [-0.2, 0) is 0 Å². The Morgan fingerprint density at radius 3 is 2.33 bits per heavy atom.